The first-order chi connectivity index (χ1) is 11.5. The Morgan fingerprint density at radius 1 is 1.12 bits per heavy atom. The van der Waals surface area contributed by atoms with Crippen molar-refractivity contribution < 1.29 is 19.4 Å². The molecule has 0 radical (unpaired) electrons. The summed E-state index contributed by atoms with van der Waals surface area (Å²) in [5.74, 6) is 0.352. The minimum absolute atomic E-state index is 0.0963. The van der Waals surface area contributed by atoms with Crippen molar-refractivity contribution in [1.29, 1.82) is 0 Å². The monoisotopic (exact) mass is 368 g/mol. The van der Waals surface area contributed by atoms with Crippen LogP contribution in [0.2, 0.25) is 10.0 Å². The van der Waals surface area contributed by atoms with Crippen molar-refractivity contribution in [2.45, 2.75) is 26.4 Å². The van der Waals surface area contributed by atoms with E-state index >= 15 is 0 Å². The van der Waals surface area contributed by atoms with E-state index in [1.165, 1.54) is 6.07 Å². The average molecular weight is 369 g/mol. The lowest BCUT2D eigenvalue weighted by molar-refractivity contribution is -0.143. The minimum atomic E-state index is -0.263. The Balaban J connectivity index is 2.06. The number of aromatic hydroxyl groups is 1. The molecule has 0 bridgehead atoms. The Hall–Kier alpha value is -1.91. The molecule has 0 spiro atoms. The number of carbonyl (C=O) groups is 1. The molecule has 0 saturated heterocycles. The van der Waals surface area contributed by atoms with Crippen molar-refractivity contribution in [2.75, 3.05) is 6.61 Å². The van der Waals surface area contributed by atoms with E-state index in [9.17, 15) is 9.90 Å². The first-order valence-corrected chi connectivity index (χ1v) is 8.29. The van der Waals surface area contributed by atoms with Gasteiger partial charge in [-0.25, -0.2) is 0 Å². The predicted molar refractivity (Wildman–Crippen MR) is 93.9 cm³/mol. The van der Waals surface area contributed by atoms with E-state index in [0.29, 0.717) is 28.8 Å². The molecule has 128 valence electrons. The van der Waals surface area contributed by atoms with Crippen LogP contribution in [-0.4, -0.2) is 17.7 Å². The van der Waals surface area contributed by atoms with Gasteiger partial charge in [-0.15, -0.1) is 0 Å². The standard InChI is InChI=1S/C18H18Cl2O4/c1-2-23-18(22)8-5-13-4-6-14(21)10-17(13)24-11-12-3-7-15(19)16(20)9-12/h3-4,6-7,9-10,21H,2,5,8,11H2,1H3. The molecular weight excluding hydrogens is 351 g/mol. The maximum atomic E-state index is 11.5. The van der Waals surface area contributed by atoms with Crippen molar-refractivity contribution in [3.63, 3.8) is 0 Å². The second kappa shape index (κ2) is 8.81. The maximum Gasteiger partial charge on any atom is 0.306 e. The Kier molecular flexibility index (Phi) is 6.76. The second-order valence-corrected chi connectivity index (χ2v) is 5.95. The van der Waals surface area contributed by atoms with E-state index < -0.39 is 0 Å². The highest BCUT2D eigenvalue weighted by Gasteiger charge is 2.10. The van der Waals surface area contributed by atoms with E-state index in [1.54, 1.807) is 31.2 Å². The van der Waals surface area contributed by atoms with Crippen molar-refractivity contribution >= 4 is 29.2 Å². The number of carbonyl (C=O) groups excluding carboxylic acids is 1. The summed E-state index contributed by atoms with van der Waals surface area (Å²) in [4.78, 5) is 11.5. The fraction of sp³-hybridized carbons (Fsp3) is 0.278. The van der Waals surface area contributed by atoms with Crippen molar-refractivity contribution in [3.05, 3.63) is 57.6 Å². The fourth-order valence-corrected chi connectivity index (χ4v) is 2.47. The number of rotatable bonds is 7. The number of aryl methyl sites for hydroxylation is 1. The summed E-state index contributed by atoms with van der Waals surface area (Å²) in [6.07, 6.45) is 0.720. The van der Waals surface area contributed by atoms with Gasteiger partial charge in [-0.3, -0.25) is 4.79 Å². The third-order valence-electron chi connectivity index (χ3n) is 3.33. The van der Waals surface area contributed by atoms with Gasteiger partial charge in [-0.05, 0) is 42.7 Å². The zero-order valence-corrected chi connectivity index (χ0v) is 14.7. The molecule has 0 aliphatic rings. The number of benzene rings is 2. The van der Waals surface area contributed by atoms with Gasteiger partial charge in [0, 0.05) is 12.5 Å². The number of ether oxygens (including phenoxy) is 2. The Labute approximate surface area is 150 Å². The summed E-state index contributed by atoms with van der Waals surface area (Å²) in [6.45, 7) is 2.39. The predicted octanol–water partition coefficient (Wildman–Crippen LogP) is 4.77. The largest absolute Gasteiger partial charge is 0.508 e. The fourth-order valence-electron chi connectivity index (χ4n) is 2.14. The lowest BCUT2D eigenvalue weighted by Crippen LogP contribution is -2.06. The number of esters is 1. The topological polar surface area (TPSA) is 55.8 Å². The Morgan fingerprint density at radius 3 is 2.62 bits per heavy atom. The average Bonchev–Trinajstić information content (AvgIpc) is 2.55. The van der Waals surface area contributed by atoms with Crippen LogP contribution in [0.5, 0.6) is 11.5 Å². The quantitative estimate of drug-likeness (QED) is 0.714. The Morgan fingerprint density at radius 2 is 1.92 bits per heavy atom. The zero-order valence-electron chi connectivity index (χ0n) is 13.2. The van der Waals surface area contributed by atoms with Crippen LogP contribution in [0.4, 0.5) is 0 Å². The molecule has 0 aromatic heterocycles. The molecule has 6 heteroatoms. The molecule has 2 aromatic carbocycles. The normalized spacial score (nSPS) is 10.5. The zero-order chi connectivity index (χ0) is 17.5. The molecule has 24 heavy (non-hydrogen) atoms. The summed E-state index contributed by atoms with van der Waals surface area (Å²) in [7, 11) is 0. The van der Waals surface area contributed by atoms with E-state index in [1.807, 2.05) is 6.07 Å². The van der Waals surface area contributed by atoms with Gasteiger partial charge in [0.1, 0.15) is 18.1 Å². The van der Waals surface area contributed by atoms with Gasteiger partial charge >= 0.3 is 5.97 Å². The molecule has 0 heterocycles. The summed E-state index contributed by atoms with van der Waals surface area (Å²) < 4.78 is 10.7. The molecule has 2 rings (SSSR count). The van der Waals surface area contributed by atoms with Crippen LogP contribution >= 0.6 is 23.2 Å². The van der Waals surface area contributed by atoms with Crippen LogP contribution in [0.3, 0.4) is 0 Å². The van der Waals surface area contributed by atoms with Gasteiger partial charge in [0.05, 0.1) is 16.7 Å². The molecule has 0 aliphatic carbocycles. The van der Waals surface area contributed by atoms with Gasteiger partial charge in [0.25, 0.3) is 0 Å². The molecular formula is C18H18Cl2O4. The van der Waals surface area contributed by atoms with Crippen LogP contribution in [0.1, 0.15) is 24.5 Å². The molecule has 0 atom stereocenters. The molecule has 0 aliphatic heterocycles. The first kappa shape index (κ1) is 18.4. The molecule has 2 aromatic rings. The van der Waals surface area contributed by atoms with Crippen LogP contribution in [0.25, 0.3) is 0 Å². The summed E-state index contributed by atoms with van der Waals surface area (Å²) in [5, 5.41) is 10.6. The van der Waals surface area contributed by atoms with E-state index in [-0.39, 0.29) is 24.7 Å². The minimum Gasteiger partial charge on any atom is -0.508 e. The third kappa shape index (κ3) is 5.32. The number of hydrogen-bond acceptors (Lipinski definition) is 4. The van der Waals surface area contributed by atoms with Gasteiger partial charge in [-0.2, -0.15) is 0 Å². The van der Waals surface area contributed by atoms with E-state index in [4.69, 9.17) is 32.7 Å². The van der Waals surface area contributed by atoms with Gasteiger partial charge < -0.3 is 14.6 Å². The second-order valence-electron chi connectivity index (χ2n) is 5.13. The van der Waals surface area contributed by atoms with Gasteiger partial charge in [-0.1, -0.05) is 35.3 Å². The smallest absolute Gasteiger partial charge is 0.306 e. The lowest BCUT2D eigenvalue weighted by atomic mass is 10.1. The van der Waals surface area contributed by atoms with Crippen molar-refractivity contribution in [2.24, 2.45) is 0 Å². The number of phenols is 1. The van der Waals surface area contributed by atoms with Crippen LogP contribution in [-0.2, 0) is 22.6 Å². The lowest BCUT2D eigenvalue weighted by Gasteiger charge is -2.12. The molecule has 0 fully saturated rings. The summed E-state index contributed by atoms with van der Waals surface area (Å²) in [6, 6.07) is 10.1. The van der Waals surface area contributed by atoms with Crippen LogP contribution in [0.15, 0.2) is 36.4 Å². The highest BCUT2D eigenvalue weighted by atomic mass is 35.5. The van der Waals surface area contributed by atoms with Crippen LogP contribution < -0.4 is 4.74 Å². The van der Waals surface area contributed by atoms with Crippen molar-refractivity contribution in [3.8, 4) is 11.5 Å². The van der Waals surface area contributed by atoms with Gasteiger partial charge in [0.15, 0.2) is 0 Å². The highest BCUT2D eigenvalue weighted by molar-refractivity contribution is 6.42. The van der Waals surface area contributed by atoms with E-state index in [2.05, 4.69) is 0 Å². The SMILES string of the molecule is CCOC(=O)CCc1ccc(O)cc1OCc1ccc(Cl)c(Cl)c1. The maximum absolute atomic E-state index is 11.5. The van der Waals surface area contributed by atoms with Crippen LogP contribution in [0, 0.1) is 0 Å². The summed E-state index contributed by atoms with van der Waals surface area (Å²) in [5.41, 5.74) is 1.67. The number of hydrogen-bond donors (Lipinski definition) is 1. The van der Waals surface area contributed by atoms with Gasteiger partial charge in [0.2, 0.25) is 0 Å². The molecule has 0 saturated carbocycles. The summed E-state index contributed by atoms with van der Waals surface area (Å²) >= 11 is 11.9. The highest BCUT2D eigenvalue weighted by Crippen LogP contribution is 2.27. The third-order valence-corrected chi connectivity index (χ3v) is 4.07. The Bertz CT molecular complexity index is 716. The molecule has 0 amide bonds. The molecule has 0 unspecified atom stereocenters. The van der Waals surface area contributed by atoms with E-state index in [0.717, 1.165) is 11.1 Å². The number of halogens is 2. The molecule has 4 nitrogen and oxygen atoms in total. The first-order valence-electron chi connectivity index (χ1n) is 7.54. The molecule has 1 N–H and O–H groups in total. The number of phenolic OH excluding ortho intramolecular Hbond substituents is 1. The van der Waals surface area contributed by atoms with Crippen molar-refractivity contribution in [1.82, 2.24) is 0 Å².